The van der Waals surface area contributed by atoms with Gasteiger partial charge in [-0.15, -0.1) is 0 Å². The van der Waals surface area contributed by atoms with Gasteiger partial charge in [0.25, 0.3) is 0 Å². The molecular weight excluding hydrogens is 196 g/mol. The molecule has 16 heavy (non-hydrogen) atoms. The van der Waals surface area contributed by atoms with Gasteiger partial charge in [0, 0.05) is 18.6 Å². The highest BCUT2D eigenvalue weighted by atomic mass is 15.2. The van der Waals surface area contributed by atoms with Crippen LogP contribution in [0.1, 0.15) is 52.4 Å². The van der Waals surface area contributed by atoms with E-state index in [1.54, 1.807) is 0 Å². The lowest BCUT2D eigenvalue weighted by Gasteiger charge is -2.37. The number of likely N-dealkylation sites (tertiary alicyclic amines) is 1. The van der Waals surface area contributed by atoms with Crippen LogP contribution in [-0.4, -0.2) is 30.1 Å². The number of rotatable bonds is 4. The smallest absolute Gasteiger partial charge is 0.0244 e. The fourth-order valence-corrected chi connectivity index (χ4v) is 3.87. The van der Waals surface area contributed by atoms with Crippen LogP contribution in [0.3, 0.4) is 0 Å². The average Bonchev–Trinajstić information content (AvgIpc) is 2.86. The van der Waals surface area contributed by atoms with Crippen LogP contribution in [0.25, 0.3) is 0 Å². The summed E-state index contributed by atoms with van der Waals surface area (Å²) < 4.78 is 0. The van der Waals surface area contributed by atoms with E-state index in [1.807, 2.05) is 0 Å². The van der Waals surface area contributed by atoms with Gasteiger partial charge in [-0.3, -0.25) is 4.90 Å². The van der Waals surface area contributed by atoms with Crippen LogP contribution in [0.5, 0.6) is 0 Å². The third-order valence-corrected chi connectivity index (χ3v) is 4.72. The van der Waals surface area contributed by atoms with E-state index in [4.69, 9.17) is 5.73 Å². The molecule has 1 saturated heterocycles. The number of hydrogen-bond acceptors (Lipinski definition) is 2. The standard InChI is InChI=1S/C14H28N2/c1-11(2)14(10-15)16-9-5-8-13(16)12-6-3-4-7-12/h11-14H,3-10,15H2,1-2H3. The lowest BCUT2D eigenvalue weighted by Crippen LogP contribution is -2.48. The molecule has 0 amide bonds. The minimum atomic E-state index is 0.619. The molecule has 2 atom stereocenters. The van der Waals surface area contributed by atoms with E-state index in [0.717, 1.165) is 18.5 Å². The zero-order valence-corrected chi connectivity index (χ0v) is 11.0. The van der Waals surface area contributed by atoms with Gasteiger partial charge < -0.3 is 5.73 Å². The Hall–Kier alpha value is -0.0800. The van der Waals surface area contributed by atoms with Crippen LogP contribution in [0.4, 0.5) is 0 Å². The van der Waals surface area contributed by atoms with E-state index in [9.17, 15) is 0 Å². The van der Waals surface area contributed by atoms with Crippen LogP contribution >= 0.6 is 0 Å². The van der Waals surface area contributed by atoms with E-state index < -0.39 is 0 Å². The fourth-order valence-electron chi connectivity index (χ4n) is 3.87. The molecule has 1 aliphatic heterocycles. The molecule has 0 bridgehead atoms. The molecule has 2 N–H and O–H groups in total. The van der Waals surface area contributed by atoms with E-state index >= 15 is 0 Å². The molecule has 2 aliphatic rings. The molecule has 94 valence electrons. The maximum absolute atomic E-state index is 5.97. The van der Waals surface area contributed by atoms with Crippen LogP contribution in [0, 0.1) is 11.8 Å². The van der Waals surface area contributed by atoms with Gasteiger partial charge >= 0.3 is 0 Å². The van der Waals surface area contributed by atoms with Gasteiger partial charge in [-0.2, -0.15) is 0 Å². The highest BCUT2D eigenvalue weighted by Gasteiger charge is 2.37. The molecular formula is C14H28N2. The topological polar surface area (TPSA) is 29.3 Å². The summed E-state index contributed by atoms with van der Waals surface area (Å²) >= 11 is 0. The Morgan fingerprint density at radius 2 is 1.81 bits per heavy atom. The maximum Gasteiger partial charge on any atom is 0.0244 e. The SMILES string of the molecule is CC(C)C(CN)N1CCCC1C1CCCC1. The first-order valence-electron chi connectivity index (χ1n) is 7.20. The molecule has 0 radical (unpaired) electrons. The third kappa shape index (κ3) is 2.43. The summed E-state index contributed by atoms with van der Waals surface area (Å²) in [6.07, 6.45) is 8.68. The number of nitrogens with two attached hydrogens (primary N) is 1. The third-order valence-electron chi connectivity index (χ3n) is 4.72. The fraction of sp³-hybridized carbons (Fsp3) is 1.00. The molecule has 1 saturated carbocycles. The van der Waals surface area contributed by atoms with Gasteiger partial charge in [-0.25, -0.2) is 0 Å². The number of nitrogens with zero attached hydrogens (tertiary/aromatic N) is 1. The molecule has 2 heteroatoms. The molecule has 0 aromatic rings. The largest absolute Gasteiger partial charge is 0.329 e. The van der Waals surface area contributed by atoms with E-state index in [0.29, 0.717) is 12.0 Å². The molecule has 0 spiro atoms. The monoisotopic (exact) mass is 224 g/mol. The van der Waals surface area contributed by atoms with Crippen LogP contribution in [-0.2, 0) is 0 Å². The Kier molecular flexibility index (Phi) is 4.26. The van der Waals surface area contributed by atoms with Crippen LogP contribution in [0.2, 0.25) is 0 Å². The summed E-state index contributed by atoms with van der Waals surface area (Å²) in [5, 5.41) is 0. The predicted octanol–water partition coefficient (Wildman–Crippen LogP) is 2.62. The normalized spacial score (nSPS) is 30.4. The highest BCUT2D eigenvalue weighted by Crippen LogP contribution is 2.37. The lowest BCUT2D eigenvalue weighted by atomic mass is 9.93. The van der Waals surface area contributed by atoms with E-state index in [2.05, 4.69) is 18.7 Å². The van der Waals surface area contributed by atoms with Crippen molar-refractivity contribution in [3.63, 3.8) is 0 Å². The predicted molar refractivity (Wildman–Crippen MR) is 69.4 cm³/mol. The lowest BCUT2D eigenvalue weighted by molar-refractivity contribution is 0.109. The van der Waals surface area contributed by atoms with Crippen molar-refractivity contribution in [2.24, 2.45) is 17.6 Å². The van der Waals surface area contributed by atoms with Gasteiger partial charge in [-0.1, -0.05) is 26.7 Å². The van der Waals surface area contributed by atoms with E-state index in [1.165, 1.54) is 45.1 Å². The van der Waals surface area contributed by atoms with Crippen LogP contribution in [0.15, 0.2) is 0 Å². The van der Waals surface area contributed by atoms with Crippen molar-refractivity contribution in [2.75, 3.05) is 13.1 Å². The first kappa shape index (κ1) is 12.4. The quantitative estimate of drug-likeness (QED) is 0.795. The Balaban J connectivity index is 2.01. The minimum Gasteiger partial charge on any atom is -0.329 e. The molecule has 0 aromatic heterocycles. The molecule has 1 heterocycles. The van der Waals surface area contributed by atoms with Crippen molar-refractivity contribution in [2.45, 2.75) is 64.5 Å². The van der Waals surface area contributed by atoms with E-state index in [-0.39, 0.29) is 0 Å². The first-order valence-corrected chi connectivity index (χ1v) is 7.20. The van der Waals surface area contributed by atoms with Crippen molar-refractivity contribution >= 4 is 0 Å². The van der Waals surface area contributed by atoms with Crippen molar-refractivity contribution in [1.29, 1.82) is 0 Å². The Labute approximate surface area is 101 Å². The minimum absolute atomic E-state index is 0.619. The second-order valence-corrected chi connectivity index (χ2v) is 6.04. The average molecular weight is 224 g/mol. The van der Waals surface area contributed by atoms with Gasteiger partial charge in [0.05, 0.1) is 0 Å². The molecule has 2 nitrogen and oxygen atoms in total. The van der Waals surface area contributed by atoms with Gasteiger partial charge in [0.15, 0.2) is 0 Å². The summed E-state index contributed by atoms with van der Waals surface area (Å²) in [5.74, 6) is 1.68. The zero-order chi connectivity index (χ0) is 11.5. The number of hydrogen-bond donors (Lipinski definition) is 1. The summed E-state index contributed by atoms with van der Waals surface area (Å²) in [6, 6.07) is 1.48. The summed E-state index contributed by atoms with van der Waals surface area (Å²) in [7, 11) is 0. The zero-order valence-electron chi connectivity index (χ0n) is 11.0. The van der Waals surface area contributed by atoms with Crippen LogP contribution < -0.4 is 5.73 Å². The summed E-state index contributed by atoms with van der Waals surface area (Å²) in [5.41, 5.74) is 5.97. The Bertz CT molecular complexity index is 209. The maximum atomic E-state index is 5.97. The summed E-state index contributed by atoms with van der Waals surface area (Å²) in [6.45, 7) is 6.77. The second-order valence-electron chi connectivity index (χ2n) is 6.04. The summed E-state index contributed by atoms with van der Waals surface area (Å²) in [4.78, 5) is 2.75. The van der Waals surface area contributed by atoms with Gasteiger partial charge in [0.1, 0.15) is 0 Å². The highest BCUT2D eigenvalue weighted by molar-refractivity contribution is 4.92. The molecule has 2 unspecified atom stereocenters. The molecule has 0 aromatic carbocycles. The molecule has 2 fully saturated rings. The molecule has 1 aliphatic carbocycles. The van der Waals surface area contributed by atoms with Gasteiger partial charge in [-0.05, 0) is 44.1 Å². The molecule has 2 rings (SSSR count). The van der Waals surface area contributed by atoms with Crippen molar-refractivity contribution in [3.05, 3.63) is 0 Å². The second kappa shape index (κ2) is 5.50. The Morgan fingerprint density at radius 1 is 1.12 bits per heavy atom. The Morgan fingerprint density at radius 3 is 2.38 bits per heavy atom. The van der Waals surface area contributed by atoms with Crippen molar-refractivity contribution in [1.82, 2.24) is 4.90 Å². The van der Waals surface area contributed by atoms with Crippen molar-refractivity contribution < 1.29 is 0 Å². The first-order chi connectivity index (χ1) is 7.74. The van der Waals surface area contributed by atoms with Gasteiger partial charge in [0.2, 0.25) is 0 Å². The van der Waals surface area contributed by atoms with Crippen molar-refractivity contribution in [3.8, 4) is 0 Å².